The highest BCUT2D eigenvalue weighted by Crippen LogP contribution is 2.60. The first-order chi connectivity index (χ1) is 15.3. The topological polar surface area (TPSA) is 90.7 Å². The van der Waals surface area contributed by atoms with E-state index >= 15 is 0 Å². The monoisotopic (exact) mass is 621 g/mol. The fourth-order valence-electron chi connectivity index (χ4n) is 2.39. The van der Waals surface area contributed by atoms with Crippen LogP contribution in [0.15, 0.2) is 34.9 Å². The lowest BCUT2D eigenvalue weighted by molar-refractivity contribution is -0.376. The first-order valence-electron chi connectivity index (χ1n) is 8.61. The average molecular weight is 622 g/mol. The summed E-state index contributed by atoms with van der Waals surface area (Å²) in [6.07, 6.45) is -8.69. The minimum Gasteiger partial charge on any atom is -0.368 e. The molecule has 0 unspecified atom stereocenters. The van der Waals surface area contributed by atoms with E-state index < -0.39 is 41.8 Å². The molecule has 0 aliphatic rings. The number of benzene rings is 1. The third-order valence-corrected chi connectivity index (χ3v) is 7.81. The van der Waals surface area contributed by atoms with Crippen molar-refractivity contribution in [3.8, 4) is 0 Å². The van der Waals surface area contributed by atoms with Gasteiger partial charge in [-0.3, -0.25) is 4.57 Å². The minimum atomic E-state index is -6.03. The number of hydrogen-bond acceptors (Lipinski definition) is 5. The number of thioether (sulfide) groups is 1. The van der Waals surface area contributed by atoms with Crippen LogP contribution in [-0.4, -0.2) is 38.0 Å². The van der Waals surface area contributed by atoms with E-state index in [1.165, 1.54) is 36.0 Å². The molecule has 0 atom stereocenters. The van der Waals surface area contributed by atoms with Crippen LogP contribution in [0.25, 0.3) is 6.08 Å². The Kier molecular flexibility index (Phi) is 8.72. The van der Waals surface area contributed by atoms with Gasteiger partial charge in [-0.15, -0.1) is 11.3 Å². The number of alkyl halides is 8. The van der Waals surface area contributed by atoms with E-state index in [2.05, 4.69) is 20.9 Å². The lowest BCUT2D eigenvalue weighted by Crippen LogP contribution is -2.53. The highest BCUT2D eigenvalue weighted by atomic mass is 79.9. The lowest BCUT2D eigenvalue weighted by atomic mass is 10.0. The Balaban J connectivity index is 2.03. The molecular formula is C17H13BrF8NO4PS2. The molecule has 0 saturated heterocycles. The second kappa shape index (κ2) is 10.1. The van der Waals surface area contributed by atoms with E-state index in [0.717, 1.165) is 12.3 Å². The predicted octanol–water partition coefficient (Wildman–Crippen LogP) is 6.39. The largest absolute Gasteiger partial charge is 0.433 e. The zero-order valence-corrected chi connectivity index (χ0v) is 20.4. The summed E-state index contributed by atoms with van der Waals surface area (Å²) in [6.45, 7) is 0. The zero-order valence-electron chi connectivity index (χ0n) is 16.2. The van der Waals surface area contributed by atoms with E-state index in [4.69, 9.17) is 9.79 Å². The maximum atomic E-state index is 13.8. The van der Waals surface area contributed by atoms with Gasteiger partial charge in [-0.05, 0) is 17.7 Å². The summed E-state index contributed by atoms with van der Waals surface area (Å²) in [5, 5.41) is 7.74. The van der Waals surface area contributed by atoms with Gasteiger partial charge in [0.25, 0.3) is 0 Å². The fraction of sp³-hybridized carbons (Fsp3) is 0.353. The molecule has 0 aliphatic carbocycles. The molecule has 2 aromatic rings. The van der Waals surface area contributed by atoms with Crippen molar-refractivity contribution in [1.82, 2.24) is 4.98 Å². The summed E-state index contributed by atoms with van der Waals surface area (Å²) < 4.78 is 116. The number of aliphatic hydroxyl groups is 1. The van der Waals surface area contributed by atoms with Gasteiger partial charge in [-0.25, -0.2) is 4.98 Å². The van der Waals surface area contributed by atoms with E-state index in [0.29, 0.717) is 5.56 Å². The molecular weight excluding hydrogens is 609 g/mol. The Morgan fingerprint density at radius 3 is 2.18 bits per heavy atom. The zero-order chi connectivity index (χ0) is 26.2. The Bertz CT molecular complexity index is 1090. The molecule has 0 saturated carbocycles. The van der Waals surface area contributed by atoms with Crippen LogP contribution in [0.4, 0.5) is 35.1 Å². The van der Waals surface area contributed by atoms with Crippen molar-refractivity contribution in [1.29, 1.82) is 0 Å². The van der Waals surface area contributed by atoms with E-state index in [9.17, 15) is 44.8 Å². The summed E-state index contributed by atoms with van der Waals surface area (Å²) >= 11 is 4.06. The maximum Gasteiger partial charge on any atom is 0.433 e. The second-order valence-corrected chi connectivity index (χ2v) is 11.2. The lowest BCUT2D eigenvalue weighted by Gasteiger charge is -2.30. The van der Waals surface area contributed by atoms with Crippen molar-refractivity contribution >= 4 is 52.7 Å². The third kappa shape index (κ3) is 6.02. The van der Waals surface area contributed by atoms with Gasteiger partial charge < -0.3 is 14.9 Å². The molecule has 1 aromatic carbocycles. The maximum absolute atomic E-state index is 13.8. The molecule has 34 heavy (non-hydrogen) atoms. The van der Waals surface area contributed by atoms with E-state index in [-0.39, 0.29) is 32.2 Å². The number of hydrogen-bond donors (Lipinski definition) is 3. The van der Waals surface area contributed by atoms with Gasteiger partial charge in [0.1, 0.15) is 5.01 Å². The Labute approximate surface area is 203 Å². The Morgan fingerprint density at radius 1 is 1.09 bits per heavy atom. The van der Waals surface area contributed by atoms with Crippen LogP contribution in [0.2, 0.25) is 0 Å². The molecule has 1 aromatic heterocycles. The molecule has 190 valence electrons. The fourth-order valence-corrected chi connectivity index (χ4v) is 5.47. The van der Waals surface area contributed by atoms with Crippen molar-refractivity contribution < 1.29 is 54.6 Å². The van der Waals surface area contributed by atoms with Gasteiger partial charge in [0, 0.05) is 32.6 Å². The normalized spacial score (nSPS) is 14.2. The Hall–Kier alpha value is -1.03. The molecule has 17 heteroatoms. The summed E-state index contributed by atoms with van der Waals surface area (Å²) in [6, 6.07) is 3.32. The quantitative estimate of drug-likeness (QED) is 0.180. The van der Waals surface area contributed by atoms with Crippen molar-refractivity contribution in [3.05, 3.63) is 56.0 Å². The van der Waals surface area contributed by atoms with Gasteiger partial charge in [-0.1, -0.05) is 34.1 Å². The molecule has 1 heterocycles. The van der Waals surface area contributed by atoms with Crippen LogP contribution in [0.5, 0.6) is 0 Å². The molecule has 0 bridgehead atoms. The van der Waals surface area contributed by atoms with Crippen LogP contribution < -0.4 is 0 Å². The molecule has 0 fully saturated rings. The number of halogens is 9. The van der Waals surface area contributed by atoms with Gasteiger partial charge in [-0.2, -0.15) is 46.9 Å². The Morgan fingerprint density at radius 2 is 1.68 bits per heavy atom. The molecule has 3 N–H and O–H groups in total. The SMILES string of the molecule is O=P(O)(O)C(F)(F)c1ccc(CSC/C=C/c2cnc(C(O)(C(F)(F)F)C(F)(F)F)s2)cc1Br. The summed E-state index contributed by atoms with van der Waals surface area (Å²) in [4.78, 5) is 20.6. The number of aromatic nitrogens is 1. The standard InChI is InChI=1S/C17H13BrF8NO4PS2/c18-12-6-9(3-4-11(12)15(19,20)32(29,30)31)8-33-5-1-2-10-7-27-13(34-10)14(28,16(21,22)23)17(24,25)26/h1-4,6-7,28H,5,8H2,(H2,29,30,31)/b2-1+. The second-order valence-electron chi connectivity index (χ2n) is 6.59. The highest BCUT2D eigenvalue weighted by molar-refractivity contribution is 9.10. The number of thiazole rings is 1. The van der Waals surface area contributed by atoms with Gasteiger partial charge in [0.05, 0.1) is 0 Å². The number of rotatable bonds is 8. The van der Waals surface area contributed by atoms with Gasteiger partial charge in [0.15, 0.2) is 0 Å². The van der Waals surface area contributed by atoms with Crippen LogP contribution in [0.1, 0.15) is 21.0 Å². The molecule has 0 radical (unpaired) electrons. The predicted molar refractivity (Wildman–Crippen MR) is 113 cm³/mol. The van der Waals surface area contributed by atoms with Crippen LogP contribution in [0.3, 0.4) is 0 Å². The van der Waals surface area contributed by atoms with Crippen molar-refractivity contribution in [2.24, 2.45) is 0 Å². The minimum absolute atomic E-state index is 0.0176. The molecule has 0 aliphatic heterocycles. The molecule has 0 spiro atoms. The third-order valence-electron chi connectivity index (χ3n) is 4.14. The summed E-state index contributed by atoms with van der Waals surface area (Å²) in [5.41, 5.74) is -9.89. The first kappa shape index (κ1) is 29.2. The van der Waals surface area contributed by atoms with Crippen LogP contribution >= 0.6 is 46.6 Å². The van der Waals surface area contributed by atoms with Gasteiger partial charge in [0.2, 0.25) is 0 Å². The van der Waals surface area contributed by atoms with Crippen molar-refractivity contribution in [2.75, 3.05) is 5.75 Å². The van der Waals surface area contributed by atoms with E-state index in [1.807, 2.05) is 0 Å². The van der Waals surface area contributed by atoms with Crippen LogP contribution in [-0.2, 0) is 21.6 Å². The molecule has 0 amide bonds. The van der Waals surface area contributed by atoms with E-state index in [1.54, 1.807) is 0 Å². The molecule has 5 nitrogen and oxygen atoms in total. The first-order valence-corrected chi connectivity index (χ1v) is 13.0. The smallest absolute Gasteiger partial charge is 0.368 e. The molecule has 2 rings (SSSR count). The van der Waals surface area contributed by atoms with Crippen molar-refractivity contribution in [2.45, 2.75) is 29.4 Å². The summed E-state index contributed by atoms with van der Waals surface area (Å²) in [5.74, 6) is 0.453. The van der Waals surface area contributed by atoms with Crippen LogP contribution in [0, 0.1) is 0 Å². The van der Waals surface area contributed by atoms with Crippen molar-refractivity contribution in [3.63, 3.8) is 0 Å². The number of nitrogens with zero attached hydrogens (tertiary/aromatic N) is 1. The van der Waals surface area contributed by atoms with Gasteiger partial charge >= 0.3 is 31.2 Å². The highest BCUT2D eigenvalue weighted by Gasteiger charge is 2.73. The summed E-state index contributed by atoms with van der Waals surface area (Å²) in [7, 11) is -5.74. The average Bonchev–Trinajstić information content (AvgIpc) is 3.13.